The second kappa shape index (κ2) is 4.98. The maximum absolute atomic E-state index is 5.91. The lowest BCUT2D eigenvalue weighted by Gasteiger charge is -2.09. The summed E-state index contributed by atoms with van der Waals surface area (Å²) in [5.41, 5.74) is 4.50. The molecule has 0 unspecified atom stereocenters. The van der Waals surface area contributed by atoms with Gasteiger partial charge in [-0.2, -0.15) is 0 Å². The summed E-state index contributed by atoms with van der Waals surface area (Å²) in [5.74, 6) is 2.71. The lowest BCUT2D eigenvalue weighted by Crippen LogP contribution is -1.93. The van der Waals surface area contributed by atoms with Crippen LogP contribution in [0.15, 0.2) is 71.1 Å². The van der Waals surface area contributed by atoms with Gasteiger partial charge in [0.1, 0.15) is 11.2 Å². The van der Waals surface area contributed by atoms with E-state index in [9.17, 15) is 0 Å². The van der Waals surface area contributed by atoms with E-state index in [1.54, 1.807) is 0 Å². The lowest BCUT2D eigenvalue weighted by atomic mass is 10.1. The van der Waals surface area contributed by atoms with Gasteiger partial charge in [-0.05, 0) is 30.3 Å². The Morgan fingerprint density at radius 1 is 0.773 bits per heavy atom. The number of anilines is 2. The Hall–Kier alpha value is -3.18. The standard InChI is InChI=1S/C20H13NO/c1-2-14-8-3-5-10-16(14)21-17-11-7-13-19-20(17)15-9-4-6-12-18(15)22-19/h1,3-13,21H. The van der Waals surface area contributed by atoms with Gasteiger partial charge in [0.2, 0.25) is 0 Å². The van der Waals surface area contributed by atoms with Crippen molar-refractivity contribution in [2.45, 2.75) is 0 Å². The molecule has 0 radical (unpaired) electrons. The minimum atomic E-state index is 0.840. The van der Waals surface area contributed by atoms with Gasteiger partial charge in [-0.15, -0.1) is 6.42 Å². The van der Waals surface area contributed by atoms with Crippen LogP contribution < -0.4 is 5.32 Å². The van der Waals surface area contributed by atoms with Crippen molar-refractivity contribution in [2.24, 2.45) is 0 Å². The molecule has 104 valence electrons. The summed E-state index contributed by atoms with van der Waals surface area (Å²) in [4.78, 5) is 0. The van der Waals surface area contributed by atoms with Crippen LogP contribution in [0.2, 0.25) is 0 Å². The van der Waals surface area contributed by atoms with Gasteiger partial charge in [-0.1, -0.05) is 42.3 Å². The molecule has 0 aliphatic rings. The second-order valence-electron chi connectivity index (χ2n) is 5.09. The first kappa shape index (κ1) is 12.6. The first-order valence-electron chi connectivity index (χ1n) is 7.10. The molecule has 4 rings (SSSR count). The molecule has 0 spiro atoms. The molecule has 0 atom stereocenters. The number of furan rings is 1. The molecule has 0 bridgehead atoms. The minimum Gasteiger partial charge on any atom is -0.456 e. The number of hydrogen-bond donors (Lipinski definition) is 1. The quantitative estimate of drug-likeness (QED) is 0.504. The summed E-state index contributed by atoms with van der Waals surface area (Å²) in [7, 11) is 0. The molecule has 1 N–H and O–H groups in total. The van der Waals surface area contributed by atoms with Gasteiger partial charge in [0.05, 0.1) is 16.8 Å². The van der Waals surface area contributed by atoms with Gasteiger partial charge in [0, 0.05) is 10.9 Å². The number of nitrogens with one attached hydrogen (secondary N) is 1. The summed E-state index contributed by atoms with van der Waals surface area (Å²) in [6, 6.07) is 21.9. The Morgan fingerprint density at radius 2 is 1.50 bits per heavy atom. The van der Waals surface area contributed by atoms with Gasteiger partial charge in [-0.3, -0.25) is 0 Å². The zero-order valence-corrected chi connectivity index (χ0v) is 11.8. The van der Waals surface area contributed by atoms with Crippen LogP contribution in [0.25, 0.3) is 21.9 Å². The zero-order chi connectivity index (χ0) is 14.9. The van der Waals surface area contributed by atoms with Crippen molar-refractivity contribution in [3.8, 4) is 12.3 Å². The molecular formula is C20H13NO. The van der Waals surface area contributed by atoms with Gasteiger partial charge in [0.25, 0.3) is 0 Å². The van der Waals surface area contributed by atoms with Gasteiger partial charge in [-0.25, -0.2) is 0 Å². The van der Waals surface area contributed by atoms with Crippen LogP contribution in [0.4, 0.5) is 11.4 Å². The number of benzene rings is 3. The highest BCUT2D eigenvalue weighted by atomic mass is 16.3. The Kier molecular flexibility index (Phi) is 2.84. The van der Waals surface area contributed by atoms with E-state index in [-0.39, 0.29) is 0 Å². The van der Waals surface area contributed by atoms with Crippen LogP contribution >= 0.6 is 0 Å². The van der Waals surface area contributed by atoms with Crippen LogP contribution in [0.5, 0.6) is 0 Å². The highest BCUT2D eigenvalue weighted by molar-refractivity contribution is 6.12. The third-order valence-electron chi connectivity index (χ3n) is 3.75. The molecule has 0 saturated carbocycles. The van der Waals surface area contributed by atoms with Crippen LogP contribution in [-0.4, -0.2) is 0 Å². The molecule has 22 heavy (non-hydrogen) atoms. The van der Waals surface area contributed by atoms with Crippen molar-refractivity contribution in [3.05, 3.63) is 72.3 Å². The van der Waals surface area contributed by atoms with Gasteiger partial charge in [0.15, 0.2) is 0 Å². The Bertz CT molecular complexity index is 1020. The summed E-state index contributed by atoms with van der Waals surface area (Å²) < 4.78 is 5.91. The first-order chi connectivity index (χ1) is 10.9. The maximum Gasteiger partial charge on any atom is 0.137 e. The van der Waals surface area contributed by atoms with Crippen molar-refractivity contribution in [1.82, 2.24) is 0 Å². The lowest BCUT2D eigenvalue weighted by molar-refractivity contribution is 0.669. The number of fused-ring (bicyclic) bond motifs is 3. The largest absolute Gasteiger partial charge is 0.456 e. The number of rotatable bonds is 2. The SMILES string of the molecule is C#Cc1ccccc1Nc1cccc2oc3ccccc3c12. The molecule has 1 aromatic heterocycles. The van der Waals surface area contributed by atoms with Crippen molar-refractivity contribution in [2.75, 3.05) is 5.32 Å². The van der Waals surface area contributed by atoms with Gasteiger partial charge < -0.3 is 9.73 Å². The van der Waals surface area contributed by atoms with E-state index >= 15 is 0 Å². The minimum absolute atomic E-state index is 0.840. The highest BCUT2D eigenvalue weighted by Gasteiger charge is 2.11. The van der Waals surface area contributed by atoms with Gasteiger partial charge >= 0.3 is 0 Å². The Balaban J connectivity index is 1.94. The van der Waals surface area contributed by atoms with E-state index in [4.69, 9.17) is 10.8 Å². The van der Waals surface area contributed by atoms with E-state index in [1.165, 1.54) is 0 Å². The molecule has 2 heteroatoms. The van der Waals surface area contributed by atoms with E-state index in [0.717, 1.165) is 38.9 Å². The monoisotopic (exact) mass is 283 g/mol. The third kappa shape index (κ3) is 1.92. The van der Waals surface area contributed by atoms with Crippen LogP contribution in [-0.2, 0) is 0 Å². The molecule has 0 saturated heterocycles. The summed E-state index contributed by atoms with van der Waals surface area (Å²) in [5, 5.41) is 5.61. The molecule has 4 aromatic rings. The number of hydrogen-bond acceptors (Lipinski definition) is 2. The summed E-state index contributed by atoms with van der Waals surface area (Å²) in [6.45, 7) is 0. The summed E-state index contributed by atoms with van der Waals surface area (Å²) >= 11 is 0. The molecule has 2 nitrogen and oxygen atoms in total. The van der Waals surface area contributed by atoms with Crippen LogP contribution in [0.3, 0.4) is 0 Å². The predicted octanol–water partition coefficient (Wildman–Crippen LogP) is 5.31. The molecule has 3 aromatic carbocycles. The predicted molar refractivity (Wildman–Crippen MR) is 91.4 cm³/mol. The Labute approximate surface area is 128 Å². The van der Waals surface area contributed by atoms with Crippen LogP contribution in [0.1, 0.15) is 5.56 Å². The maximum atomic E-state index is 5.91. The Morgan fingerprint density at radius 3 is 2.41 bits per heavy atom. The molecule has 1 heterocycles. The van der Waals surface area contributed by atoms with E-state index in [0.29, 0.717) is 0 Å². The van der Waals surface area contributed by atoms with Crippen molar-refractivity contribution in [3.63, 3.8) is 0 Å². The van der Waals surface area contributed by atoms with Crippen LogP contribution in [0, 0.1) is 12.3 Å². The van der Waals surface area contributed by atoms with Crippen molar-refractivity contribution >= 4 is 33.3 Å². The third-order valence-corrected chi connectivity index (χ3v) is 3.75. The molecule has 0 aliphatic carbocycles. The van der Waals surface area contributed by atoms with E-state index in [2.05, 4.69) is 17.3 Å². The average Bonchev–Trinajstić information content (AvgIpc) is 2.95. The molecule has 0 aliphatic heterocycles. The summed E-state index contributed by atoms with van der Waals surface area (Å²) in [6.07, 6.45) is 5.58. The second-order valence-corrected chi connectivity index (χ2v) is 5.09. The topological polar surface area (TPSA) is 25.2 Å². The highest BCUT2D eigenvalue weighted by Crippen LogP contribution is 2.35. The van der Waals surface area contributed by atoms with Crippen molar-refractivity contribution < 1.29 is 4.42 Å². The van der Waals surface area contributed by atoms with Crippen molar-refractivity contribution in [1.29, 1.82) is 0 Å². The smallest absolute Gasteiger partial charge is 0.137 e. The zero-order valence-electron chi connectivity index (χ0n) is 11.8. The van der Waals surface area contributed by atoms with E-state index in [1.807, 2.05) is 60.7 Å². The molecule has 0 amide bonds. The fraction of sp³-hybridized carbons (Fsp3) is 0. The number of terminal acetylenes is 1. The fourth-order valence-corrected chi connectivity index (χ4v) is 2.74. The van der Waals surface area contributed by atoms with E-state index < -0.39 is 0 Å². The fourth-order valence-electron chi connectivity index (χ4n) is 2.74. The molecular weight excluding hydrogens is 270 g/mol. The molecule has 0 fully saturated rings. The normalized spacial score (nSPS) is 10.7. The average molecular weight is 283 g/mol. The first-order valence-corrected chi connectivity index (χ1v) is 7.10. The number of para-hydroxylation sites is 2.